The van der Waals surface area contributed by atoms with Gasteiger partial charge in [0.25, 0.3) is 0 Å². The van der Waals surface area contributed by atoms with Crippen molar-refractivity contribution >= 4 is 6.98 Å². The molecular formula is C12H15BF3KO. The van der Waals surface area contributed by atoms with Crippen LogP contribution in [0.15, 0.2) is 24.2 Å². The van der Waals surface area contributed by atoms with Crippen LogP contribution < -0.4 is 56.1 Å². The third-order valence-electron chi connectivity index (χ3n) is 2.74. The van der Waals surface area contributed by atoms with E-state index in [0.717, 1.165) is 16.7 Å². The number of rotatable bonds is 4. The Hall–Kier alpha value is 0.251. The minimum Gasteiger partial charge on any atom is -0.492 e. The van der Waals surface area contributed by atoms with E-state index in [1.54, 1.807) is 0 Å². The van der Waals surface area contributed by atoms with Crippen LogP contribution in [0.1, 0.15) is 16.7 Å². The minimum absolute atomic E-state index is 0. The van der Waals surface area contributed by atoms with Gasteiger partial charge in [-0.05, 0) is 37.5 Å². The molecule has 0 aliphatic rings. The predicted molar refractivity (Wildman–Crippen MR) is 64.4 cm³/mol. The summed E-state index contributed by atoms with van der Waals surface area (Å²) in [6.45, 7) is 3.01. The Morgan fingerprint density at radius 2 is 1.67 bits per heavy atom. The largest absolute Gasteiger partial charge is 1.00 e. The predicted octanol–water partition coefficient (Wildman–Crippen LogP) is 0.937. The molecule has 1 rings (SSSR count). The van der Waals surface area contributed by atoms with Crippen molar-refractivity contribution in [1.82, 2.24) is 0 Å². The van der Waals surface area contributed by atoms with Gasteiger partial charge in [-0.25, -0.2) is 0 Å². The van der Waals surface area contributed by atoms with Crippen molar-refractivity contribution in [3.05, 3.63) is 40.9 Å². The van der Waals surface area contributed by atoms with E-state index >= 15 is 0 Å². The summed E-state index contributed by atoms with van der Waals surface area (Å²) in [5, 5.41) is 0. The average Bonchev–Trinajstić information content (AvgIpc) is 2.22. The van der Waals surface area contributed by atoms with Gasteiger partial charge >= 0.3 is 58.4 Å². The number of halogens is 3. The second-order valence-electron chi connectivity index (χ2n) is 4.18. The van der Waals surface area contributed by atoms with Crippen molar-refractivity contribution < 1.29 is 69.1 Å². The zero-order valence-corrected chi connectivity index (χ0v) is 14.3. The first-order valence-corrected chi connectivity index (χ1v) is 5.30. The van der Waals surface area contributed by atoms with Crippen molar-refractivity contribution in [2.45, 2.75) is 20.8 Å². The van der Waals surface area contributed by atoms with Crippen molar-refractivity contribution in [1.29, 1.82) is 0 Å². The van der Waals surface area contributed by atoms with Crippen LogP contribution in [-0.2, 0) is 0 Å². The Morgan fingerprint density at radius 3 is 2.17 bits per heavy atom. The van der Waals surface area contributed by atoms with Gasteiger partial charge in [0.05, 0.1) is 6.61 Å². The standard InChI is InChI=1S/C12H15BF3O.K/c1-8-5-6-9(2)12(11(8)4)17-7-10(3)13(14,15)16;/h5-6H,3,7H2,1-2,4H3;/q-1;+1. The molecule has 0 aliphatic heterocycles. The molecule has 0 bridgehead atoms. The molecule has 0 heterocycles. The Kier molecular flexibility index (Phi) is 7.25. The summed E-state index contributed by atoms with van der Waals surface area (Å²) in [5.74, 6) is 0.520. The fraction of sp³-hybridized carbons (Fsp3) is 0.333. The molecule has 0 aliphatic carbocycles. The van der Waals surface area contributed by atoms with Crippen molar-refractivity contribution in [3.63, 3.8) is 0 Å². The molecular weight excluding hydrogens is 267 g/mol. The number of ether oxygens (including phenoxy) is 1. The van der Waals surface area contributed by atoms with Gasteiger partial charge in [0.1, 0.15) is 5.75 Å². The molecule has 1 aromatic carbocycles. The Bertz CT molecular complexity index is 444. The zero-order valence-electron chi connectivity index (χ0n) is 11.2. The Balaban J connectivity index is 0.00000289. The quantitative estimate of drug-likeness (QED) is 0.747. The van der Waals surface area contributed by atoms with Crippen LogP contribution in [0.2, 0.25) is 0 Å². The number of hydrogen-bond acceptors (Lipinski definition) is 1. The molecule has 0 saturated carbocycles. The van der Waals surface area contributed by atoms with E-state index in [9.17, 15) is 12.9 Å². The van der Waals surface area contributed by atoms with E-state index in [1.807, 2.05) is 32.9 Å². The Morgan fingerprint density at radius 1 is 1.17 bits per heavy atom. The number of aryl methyl sites for hydroxylation is 2. The molecule has 0 unspecified atom stereocenters. The fourth-order valence-corrected chi connectivity index (χ4v) is 1.41. The molecule has 0 N–H and O–H groups in total. The number of benzene rings is 1. The molecule has 0 aromatic heterocycles. The molecule has 0 saturated heterocycles. The third kappa shape index (κ3) is 4.74. The van der Waals surface area contributed by atoms with Gasteiger partial charge in [0.2, 0.25) is 0 Å². The van der Waals surface area contributed by atoms with E-state index in [2.05, 4.69) is 6.58 Å². The molecule has 0 radical (unpaired) electrons. The summed E-state index contributed by atoms with van der Waals surface area (Å²) in [7, 11) is 0. The minimum atomic E-state index is -5.02. The molecule has 1 nitrogen and oxygen atoms in total. The van der Waals surface area contributed by atoms with Crippen LogP contribution in [0.4, 0.5) is 12.9 Å². The number of hydrogen-bond donors (Lipinski definition) is 0. The topological polar surface area (TPSA) is 9.23 Å². The normalized spacial score (nSPS) is 10.8. The van der Waals surface area contributed by atoms with Gasteiger partial charge in [-0.2, -0.15) is 0 Å². The van der Waals surface area contributed by atoms with E-state index in [-0.39, 0.29) is 51.4 Å². The maximum atomic E-state index is 12.3. The second kappa shape index (κ2) is 7.15. The van der Waals surface area contributed by atoms with Crippen LogP contribution in [0.3, 0.4) is 0 Å². The van der Waals surface area contributed by atoms with E-state index in [0.29, 0.717) is 5.75 Å². The van der Waals surface area contributed by atoms with Crippen LogP contribution in [-0.4, -0.2) is 13.6 Å². The van der Waals surface area contributed by atoms with Crippen LogP contribution in [0, 0.1) is 20.8 Å². The van der Waals surface area contributed by atoms with E-state index < -0.39 is 19.1 Å². The van der Waals surface area contributed by atoms with Gasteiger partial charge in [0, 0.05) is 0 Å². The average molecular weight is 282 g/mol. The monoisotopic (exact) mass is 282 g/mol. The van der Waals surface area contributed by atoms with Crippen molar-refractivity contribution in [2.75, 3.05) is 6.61 Å². The van der Waals surface area contributed by atoms with Crippen LogP contribution in [0.25, 0.3) is 0 Å². The first-order chi connectivity index (χ1) is 7.73. The molecule has 18 heavy (non-hydrogen) atoms. The molecule has 94 valence electrons. The van der Waals surface area contributed by atoms with Gasteiger partial charge in [0.15, 0.2) is 0 Å². The van der Waals surface area contributed by atoms with E-state index in [1.165, 1.54) is 0 Å². The molecule has 0 fully saturated rings. The smallest absolute Gasteiger partial charge is 0.492 e. The van der Waals surface area contributed by atoms with E-state index in [4.69, 9.17) is 4.74 Å². The Labute approximate surface area is 148 Å². The summed E-state index contributed by atoms with van der Waals surface area (Å²) < 4.78 is 42.2. The van der Waals surface area contributed by atoms with Gasteiger partial charge in [-0.1, -0.05) is 12.1 Å². The van der Waals surface area contributed by atoms with Gasteiger partial charge in [-0.15, -0.1) is 12.1 Å². The van der Waals surface area contributed by atoms with Gasteiger partial charge in [-0.3, -0.25) is 0 Å². The van der Waals surface area contributed by atoms with Crippen molar-refractivity contribution in [2.24, 2.45) is 0 Å². The summed E-state index contributed by atoms with van der Waals surface area (Å²) in [4.78, 5) is 0. The maximum Gasteiger partial charge on any atom is 1.00 e. The maximum absolute atomic E-state index is 12.3. The molecule has 0 spiro atoms. The molecule has 0 atom stereocenters. The summed E-state index contributed by atoms with van der Waals surface area (Å²) in [5.41, 5.74) is 1.88. The summed E-state index contributed by atoms with van der Waals surface area (Å²) in [6.07, 6.45) is 0. The zero-order chi connectivity index (χ0) is 13.2. The summed E-state index contributed by atoms with van der Waals surface area (Å²) >= 11 is 0. The first kappa shape index (κ1) is 18.3. The first-order valence-electron chi connectivity index (χ1n) is 5.30. The SMILES string of the molecule is C=C(COc1c(C)ccc(C)c1C)[B-](F)(F)F.[K+]. The van der Waals surface area contributed by atoms with Crippen LogP contribution in [0.5, 0.6) is 5.75 Å². The van der Waals surface area contributed by atoms with Crippen LogP contribution >= 0.6 is 0 Å². The second-order valence-corrected chi connectivity index (χ2v) is 4.18. The molecule has 6 heteroatoms. The summed E-state index contributed by atoms with van der Waals surface area (Å²) in [6, 6.07) is 3.75. The third-order valence-corrected chi connectivity index (χ3v) is 2.74. The van der Waals surface area contributed by atoms with Crippen molar-refractivity contribution in [3.8, 4) is 5.75 Å². The van der Waals surface area contributed by atoms with Gasteiger partial charge < -0.3 is 17.7 Å². The fourth-order valence-electron chi connectivity index (χ4n) is 1.41. The molecule has 1 aromatic rings. The molecule has 0 amide bonds.